The van der Waals surface area contributed by atoms with Crippen molar-refractivity contribution in [3.05, 3.63) is 34.9 Å². The molecule has 0 heterocycles. The van der Waals surface area contributed by atoms with Crippen LogP contribution in [0.1, 0.15) is 31.1 Å². The van der Waals surface area contributed by atoms with E-state index >= 15 is 0 Å². The Kier molecular flexibility index (Phi) is 7.00. The first-order valence-corrected chi connectivity index (χ1v) is 6.31. The number of ether oxygens (including phenoxy) is 3. The molecule has 0 fully saturated rings. The monoisotopic (exact) mass is 312 g/mol. The second kappa shape index (κ2) is 8.75. The molecule has 120 valence electrons. The van der Waals surface area contributed by atoms with Gasteiger partial charge in [0.15, 0.2) is 0 Å². The standard InChI is InChI=1S/C14H16O8/c1-20-4-5-21-6-7-22-14(19)10-3-2-9(12(15)16)8-11(10)13(17)18/h2-3,8H,4-7H2,1H3,(H,15,16)(H,17,18). The molecule has 0 radical (unpaired) electrons. The Morgan fingerprint density at radius 2 is 1.64 bits per heavy atom. The Bertz CT molecular complexity index is 552. The summed E-state index contributed by atoms with van der Waals surface area (Å²) < 4.78 is 14.7. The van der Waals surface area contributed by atoms with Crippen LogP contribution < -0.4 is 0 Å². The zero-order chi connectivity index (χ0) is 16.5. The average Bonchev–Trinajstić information content (AvgIpc) is 2.49. The summed E-state index contributed by atoms with van der Waals surface area (Å²) in [6.07, 6.45) is 0. The first-order valence-electron chi connectivity index (χ1n) is 6.31. The van der Waals surface area contributed by atoms with Gasteiger partial charge in [-0.3, -0.25) is 0 Å². The predicted octanol–water partition coefficient (Wildman–Crippen LogP) is 0.903. The maximum Gasteiger partial charge on any atom is 0.339 e. The molecule has 0 spiro atoms. The molecule has 0 saturated carbocycles. The van der Waals surface area contributed by atoms with Crippen LogP contribution in [0.4, 0.5) is 0 Å². The van der Waals surface area contributed by atoms with E-state index in [9.17, 15) is 14.4 Å². The summed E-state index contributed by atoms with van der Waals surface area (Å²) in [7, 11) is 1.53. The van der Waals surface area contributed by atoms with Gasteiger partial charge < -0.3 is 24.4 Å². The van der Waals surface area contributed by atoms with Gasteiger partial charge in [0.2, 0.25) is 0 Å². The molecule has 0 aliphatic carbocycles. The molecule has 0 saturated heterocycles. The van der Waals surface area contributed by atoms with Crippen molar-refractivity contribution in [2.75, 3.05) is 33.5 Å². The molecule has 2 N–H and O–H groups in total. The second-order valence-corrected chi connectivity index (χ2v) is 4.11. The van der Waals surface area contributed by atoms with E-state index in [1.165, 1.54) is 7.11 Å². The molecular formula is C14H16O8. The van der Waals surface area contributed by atoms with E-state index in [4.69, 9.17) is 24.4 Å². The molecular weight excluding hydrogens is 296 g/mol. The smallest absolute Gasteiger partial charge is 0.339 e. The minimum atomic E-state index is -1.41. The van der Waals surface area contributed by atoms with E-state index in [2.05, 4.69) is 0 Å². The van der Waals surface area contributed by atoms with Gasteiger partial charge >= 0.3 is 17.9 Å². The highest BCUT2D eigenvalue weighted by molar-refractivity contribution is 6.04. The van der Waals surface area contributed by atoms with Crippen LogP contribution in [0, 0.1) is 0 Å². The third-order valence-corrected chi connectivity index (χ3v) is 2.61. The van der Waals surface area contributed by atoms with Gasteiger partial charge in [0.1, 0.15) is 6.61 Å². The number of aromatic carboxylic acids is 2. The number of carboxylic acids is 2. The second-order valence-electron chi connectivity index (χ2n) is 4.11. The predicted molar refractivity (Wildman–Crippen MR) is 73.3 cm³/mol. The number of carboxylic acid groups (broad SMARTS) is 2. The lowest BCUT2D eigenvalue weighted by molar-refractivity contribution is 0.0211. The summed E-state index contributed by atoms with van der Waals surface area (Å²) in [6, 6.07) is 3.16. The van der Waals surface area contributed by atoms with E-state index in [1.54, 1.807) is 0 Å². The molecule has 8 heteroatoms. The number of benzene rings is 1. The topological polar surface area (TPSA) is 119 Å². The molecule has 1 aromatic carbocycles. The van der Waals surface area contributed by atoms with Crippen molar-refractivity contribution in [1.82, 2.24) is 0 Å². The van der Waals surface area contributed by atoms with Crippen molar-refractivity contribution in [1.29, 1.82) is 0 Å². The van der Waals surface area contributed by atoms with Gasteiger partial charge in [0.25, 0.3) is 0 Å². The van der Waals surface area contributed by atoms with Gasteiger partial charge in [-0.25, -0.2) is 14.4 Å². The maximum absolute atomic E-state index is 11.8. The third-order valence-electron chi connectivity index (χ3n) is 2.61. The average molecular weight is 312 g/mol. The highest BCUT2D eigenvalue weighted by Crippen LogP contribution is 2.14. The largest absolute Gasteiger partial charge is 0.478 e. The van der Waals surface area contributed by atoms with E-state index < -0.39 is 23.5 Å². The number of methoxy groups -OCH3 is 1. The van der Waals surface area contributed by atoms with Crippen molar-refractivity contribution >= 4 is 17.9 Å². The van der Waals surface area contributed by atoms with E-state index in [0.717, 1.165) is 18.2 Å². The Morgan fingerprint density at radius 1 is 0.955 bits per heavy atom. The van der Waals surface area contributed by atoms with Crippen LogP contribution in [-0.4, -0.2) is 61.7 Å². The number of esters is 1. The Hall–Kier alpha value is -2.45. The highest BCUT2D eigenvalue weighted by Gasteiger charge is 2.20. The molecule has 0 bridgehead atoms. The molecule has 0 atom stereocenters. The van der Waals surface area contributed by atoms with E-state index in [1.807, 2.05) is 0 Å². The minimum absolute atomic E-state index is 0.0533. The van der Waals surface area contributed by atoms with Crippen LogP contribution >= 0.6 is 0 Å². The first kappa shape index (κ1) is 17.6. The summed E-state index contributed by atoms with van der Waals surface area (Å²) in [5.41, 5.74) is -0.864. The van der Waals surface area contributed by atoms with Gasteiger partial charge in [-0.1, -0.05) is 0 Å². The first-order chi connectivity index (χ1) is 10.5. The Morgan fingerprint density at radius 3 is 2.23 bits per heavy atom. The molecule has 1 aromatic rings. The number of rotatable bonds is 9. The summed E-state index contributed by atoms with van der Waals surface area (Å²) in [4.78, 5) is 33.8. The zero-order valence-corrected chi connectivity index (χ0v) is 11.9. The quantitative estimate of drug-likeness (QED) is 0.510. The molecule has 1 rings (SSSR count). The van der Waals surface area contributed by atoms with Crippen LogP contribution in [0.2, 0.25) is 0 Å². The van der Waals surface area contributed by atoms with Crippen molar-refractivity contribution in [2.24, 2.45) is 0 Å². The molecule has 0 aromatic heterocycles. The molecule has 8 nitrogen and oxygen atoms in total. The van der Waals surface area contributed by atoms with Gasteiger partial charge in [-0.15, -0.1) is 0 Å². The van der Waals surface area contributed by atoms with Gasteiger partial charge in [-0.2, -0.15) is 0 Å². The highest BCUT2D eigenvalue weighted by atomic mass is 16.6. The Labute approximate surface area is 126 Å². The van der Waals surface area contributed by atoms with Crippen LogP contribution in [-0.2, 0) is 14.2 Å². The number of carbonyl (C=O) groups is 3. The fourth-order valence-electron chi connectivity index (χ4n) is 1.55. The van der Waals surface area contributed by atoms with Crippen LogP contribution in [0.25, 0.3) is 0 Å². The summed E-state index contributed by atoms with van der Waals surface area (Å²) in [6.45, 7) is 0.850. The lowest BCUT2D eigenvalue weighted by Gasteiger charge is -2.08. The molecule has 0 unspecified atom stereocenters. The minimum Gasteiger partial charge on any atom is -0.478 e. The fraction of sp³-hybridized carbons (Fsp3) is 0.357. The lowest BCUT2D eigenvalue weighted by Crippen LogP contribution is -2.16. The molecule has 0 aliphatic heterocycles. The van der Waals surface area contributed by atoms with Gasteiger partial charge in [0, 0.05) is 7.11 Å². The van der Waals surface area contributed by atoms with Crippen molar-refractivity contribution in [3.8, 4) is 0 Å². The van der Waals surface area contributed by atoms with Crippen molar-refractivity contribution in [3.63, 3.8) is 0 Å². The Balaban J connectivity index is 2.68. The molecule has 0 amide bonds. The number of carbonyl (C=O) groups excluding carboxylic acids is 1. The molecule has 0 aliphatic rings. The lowest BCUT2D eigenvalue weighted by atomic mass is 10.0. The van der Waals surface area contributed by atoms with E-state index in [-0.39, 0.29) is 24.3 Å². The third kappa shape index (κ3) is 5.15. The zero-order valence-electron chi connectivity index (χ0n) is 11.9. The summed E-state index contributed by atoms with van der Waals surface area (Å²) in [5, 5.41) is 17.9. The summed E-state index contributed by atoms with van der Waals surface area (Å²) in [5.74, 6) is -3.55. The van der Waals surface area contributed by atoms with Crippen LogP contribution in [0.15, 0.2) is 18.2 Å². The van der Waals surface area contributed by atoms with Crippen molar-refractivity contribution < 1.29 is 38.8 Å². The van der Waals surface area contributed by atoms with Crippen LogP contribution in [0.3, 0.4) is 0 Å². The maximum atomic E-state index is 11.8. The van der Waals surface area contributed by atoms with Crippen molar-refractivity contribution in [2.45, 2.75) is 0 Å². The number of hydrogen-bond acceptors (Lipinski definition) is 6. The van der Waals surface area contributed by atoms with Gasteiger partial charge in [0.05, 0.1) is 36.5 Å². The SMILES string of the molecule is COCCOCCOC(=O)c1ccc(C(=O)O)cc1C(=O)O. The van der Waals surface area contributed by atoms with E-state index in [0.29, 0.717) is 13.2 Å². The normalized spacial score (nSPS) is 10.2. The van der Waals surface area contributed by atoms with Crippen LogP contribution in [0.5, 0.6) is 0 Å². The molecule has 22 heavy (non-hydrogen) atoms. The van der Waals surface area contributed by atoms with Gasteiger partial charge in [-0.05, 0) is 18.2 Å². The number of hydrogen-bond donors (Lipinski definition) is 2. The summed E-state index contributed by atoms with van der Waals surface area (Å²) >= 11 is 0. The fourth-order valence-corrected chi connectivity index (χ4v) is 1.55.